The quantitative estimate of drug-likeness (QED) is 0.545. The summed E-state index contributed by atoms with van der Waals surface area (Å²) in [5.41, 5.74) is 6.91. The molecule has 0 atom stereocenters. The van der Waals surface area contributed by atoms with Gasteiger partial charge in [0.15, 0.2) is 5.13 Å². The lowest BCUT2D eigenvalue weighted by atomic mass is 10.0. The minimum Gasteiger partial charge on any atom is -0.308 e. The van der Waals surface area contributed by atoms with Crippen molar-refractivity contribution in [2.75, 3.05) is 32.1 Å². The lowest BCUT2D eigenvalue weighted by Crippen LogP contribution is -2.37. The first-order valence-electron chi connectivity index (χ1n) is 9.63. The molecule has 0 radical (unpaired) electrons. The van der Waals surface area contributed by atoms with Crippen LogP contribution in [-0.4, -0.2) is 43.0 Å². The lowest BCUT2D eigenvalue weighted by molar-refractivity contribution is -0.118. The Hall–Kier alpha value is -1.95. The molecule has 0 saturated carbocycles. The number of likely N-dealkylation sites (N-methyl/N-ethyl adjacent to an activating group) is 1. The molecule has 1 amide bonds. The molecule has 3 rings (SSSR count). The number of amides is 1. The van der Waals surface area contributed by atoms with Gasteiger partial charge in [0.1, 0.15) is 0 Å². The van der Waals surface area contributed by atoms with Gasteiger partial charge in [0.2, 0.25) is 5.91 Å². The molecule has 1 heterocycles. The fraction of sp³-hybridized carbons (Fsp3) is 0.391. The van der Waals surface area contributed by atoms with Crippen LogP contribution < -0.4 is 4.90 Å². The highest BCUT2D eigenvalue weighted by Gasteiger charge is 2.21. The molecule has 0 saturated heterocycles. The summed E-state index contributed by atoms with van der Waals surface area (Å²) < 4.78 is 1.16. The van der Waals surface area contributed by atoms with E-state index in [9.17, 15) is 4.79 Å². The zero-order valence-electron chi connectivity index (χ0n) is 18.1. The van der Waals surface area contributed by atoms with Crippen molar-refractivity contribution in [3.63, 3.8) is 0 Å². The molecule has 6 heteroatoms. The number of thiazole rings is 1. The van der Waals surface area contributed by atoms with E-state index < -0.39 is 0 Å². The molecule has 2 aromatic carbocycles. The van der Waals surface area contributed by atoms with Crippen LogP contribution in [0.15, 0.2) is 30.3 Å². The SMILES string of the molecule is Cc1cc(C)c2sc(N(CCN(C)C)C(=O)Cc3ccc(C)c(C)c3)nc2c1.Cl. The largest absolute Gasteiger partial charge is 0.308 e. The number of halogens is 1. The van der Waals surface area contributed by atoms with Gasteiger partial charge in [-0.3, -0.25) is 9.69 Å². The third-order valence-corrected chi connectivity index (χ3v) is 6.27. The number of benzene rings is 2. The Morgan fingerprint density at radius 1 is 0.966 bits per heavy atom. The molecule has 4 nitrogen and oxygen atoms in total. The number of aromatic nitrogens is 1. The van der Waals surface area contributed by atoms with Crippen molar-refractivity contribution in [3.8, 4) is 0 Å². The van der Waals surface area contributed by atoms with E-state index in [2.05, 4.69) is 62.9 Å². The van der Waals surface area contributed by atoms with Crippen molar-refractivity contribution >= 4 is 45.0 Å². The van der Waals surface area contributed by atoms with Crippen LogP contribution >= 0.6 is 23.7 Å². The summed E-state index contributed by atoms with van der Waals surface area (Å²) in [6.07, 6.45) is 0.391. The maximum absolute atomic E-state index is 13.2. The summed E-state index contributed by atoms with van der Waals surface area (Å²) in [5.74, 6) is 0.0959. The topological polar surface area (TPSA) is 36.4 Å². The number of rotatable bonds is 6. The summed E-state index contributed by atoms with van der Waals surface area (Å²) in [5, 5.41) is 0.791. The van der Waals surface area contributed by atoms with Crippen molar-refractivity contribution in [1.29, 1.82) is 0 Å². The Morgan fingerprint density at radius 3 is 2.34 bits per heavy atom. The van der Waals surface area contributed by atoms with Crippen LogP contribution in [0.4, 0.5) is 5.13 Å². The minimum absolute atomic E-state index is 0. The number of hydrogen-bond acceptors (Lipinski definition) is 4. The second kappa shape index (κ2) is 9.70. The molecular formula is C23H30ClN3OS. The Balaban J connectivity index is 0.00000300. The van der Waals surface area contributed by atoms with Gasteiger partial charge in [0.25, 0.3) is 0 Å². The van der Waals surface area contributed by atoms with Crippen molar-refractivity contribution in [1.82, 2.24) is 9.88 Å². The number of hydrogen-bond donors (Lipinski definition) is 0. The zero-order chi connectivity index (χ0) is 20.4. The van der Waals surface area contributed by atoms with Gasteiger partial charge in [0.05, 0.1) is 16.6 Å². The first kappa shape index (κ1) is 23.3. The molecule has 0 aliphatic rings. The van der Waals surface area contributed by atoms with Gasteiger partial charge in [-0.15, -0.1) is 12.4 Å². The number of aryl methyl sites for hydroxylation is 4. The van der Waals surface area contributed by atoms with Crippen molar-refractivity contribution in [3.05, 3.63) is 58.1 Å². The Bertz CT molecular complexity index is 1010. The molecule has 0 aliphatic carbocycles. The molecule has 1 aromatic heterocycles. The fourth-order valence-electron chi connectivity index (χ4n) is 3.29. The lowest BCUT2D eigenvalue weighted by Gasteiger charge is -2.22. The van der Waals surface area contributed by atoms with Gasteiger partial charge in [-0.1, -0.05) is 35.6 Å². The predicted octanol–water partition coefficient (Wildman–Crippen LogP) is 5.09. The van der Waals surface area contributed by atoms with Crippen LogP contribution in [0.2, 0.25) is 0 Å². The summed E-state index contributed by atoms with van der Waals surface area (Å²) in [6.45, 7) is 9.81. The van der Waals surface area contributed by atoms with Gasteiger partial charge < -0.3 is 4.90 Å². The van der Waals surface area contributed by atoms with Gasteiger partial charge in [-0.25, -0.2) is 4.98 Å². The van der Waals surface area contributed by atoms with Crippen molar-refractivity contribution < 1.29 is 4.79 Å². The summed E-state index contributed by atoms with van der Waals surface area (Å²) in [6, 6.07) is 10.5. The molecule has 3 aromatic rings. The molecule has 0 spiro atoms. The highest BCUT2D eigenvalue weighted by molar-refractivity contribution is 7.22. The Morgan fingerprint density at radius 2 is 1.69 bits per heavy atom. The molecule has 0 N–H and O–H groups in total. The molecule has 0 unspecified atom stereocenters. The van der Waals surface area contributed by atoms with Crippen LogP contribution in [0, 0.1) is 27.7 Å². The third kappa shape index (κ3) is 5.56. The maximum atomic E-state index is 13.2. The summed E-state index contributed by atoms with van der Waals surface area (Å²) in [4.78, 5) is 22.0. The third-order valence-electron chi connectivity index (χ3n) is 5.04. The summed E-state index contributed by atoms with van der Waals surface area (Å²) in [7, 11) is 4.05. The monoisotopic (exact) mass is 431 g/mol. The predicted molar refractivity (Wildman–Crippen MR) is 127 cm³/mol. The van der Waals surface area contributed by atoms with Crippen LogP contribution in [0.1, 0.15) is 27.8 Å². The van der Waals surface area contributed by atoms with Crippen LogP contribution in [-0.2, 0) is 11.2 Å². The highest BCUT2D eigenvalue weighted by atomic mass is 35.5. The van der Waals surface area contributed by atoms with Gasteiger partial charge in [-0.05, 0) is 75.7 Å². The highest BCUT2D eigenvalue weighted by Crippen LogP contribution is 2.32. The minimum atomic E-state index is 0. The second-order valence-corrected chi connectivity index (χ2v) is 8.85. The average Bonchev–Trinajstić information content (AvgIpc) is 3.02. The fourth-order valence-corrected chi connectivity index (χ4v) is 4.35. The van der Waals surface area contributed by atoms with E-state index in [1.807, 2.05) is 19.0 Å². The van der Waals surface area contributed by atoms with Gasteiger partial charge >= 0.3 is 0 Å². The average molecular weight is 432 g/mol. The number of nitrogens with zero attached hydrogens (tertiary/aromatic N) is 3. The molecule has 0 aliphatic heterocycles. The van der Waals surface area contributed by atoms with Crippen molar-refractivity contribution in [2.45, 2.75) is 34.1 Å². The number of fused-ring (bicyclic) bond motifs is 1. The molecular weight excluding hydrogens is 402 g/mol. The molecule has 156 valence electrons. The zero-order valence-corrected chi connectivity index (χ0v) is 19.7. The number of carbonyl (C=O) groups is 1. The first-order valence-corrected chi connectivity index (χ1v) is 10.5. The van der Waals surface area contributed by atoms with E-state index in [-0.39, 0.29) is 18.3 Å². The molecule has 0 fully saturated rings. The van der Waals surface area contributed by atoms with Crippen LogP contribution in [0.3, 0.4) is 0 Å². The van der Waals surface area contributed by atoms with E-state index in [1.165, 1.54) is 22.3 Å². The normalized spacial score (nSPS) is 11.0. The maximum Gasteiger partial charge on any atom is 0.233 e. The van der Waals surface area contributed by atoms with E-state index in [0.717, 1.165) is 27.5 Å². The number of carbonyl (C=O) groups excluding carboxylic acids is 1. The van der Waals surface area contributed by atoms with Crippen molar-refractivity contribution in [2.24, 2.45) is 0 Å². The van der Waals surface area contributed by atoms with Crippen LogP contribution in [0.25, 0.3) is 10.2 Å². The Kier molecular flexibility index (Phi) is 7.80. The standard InChI is InChI=1S/C23H29N3OS.ClH/c1-15-11-18(4)22-20(12-15)24-23(28-22)26(10-9-25(5)6)21(27)14-19-8-7-16(2)17(3)13-19;/h7-8,11-13H,9-10,14H2,1-6H3;1H. The van der Waals surface area contributed by atoms with E-state index in [4.69, 9.17) is 4.98 Å². The summed E-state index contributed by atoms with van der Waals surface area (Å²) >= 11 is 1.61. The number of anilines is 1. The Labute approximate surface area is 184 Å². The van der Waals surface area contributed by atoms with E-state index >= 15 is 0 Å². The first-order chi connectivity index (χ1) is 13.2. The smallest absolute Gasteiger partial charge is 0.233 e. The van der Waals surface area contributed by atoms with E-state index in [0.29, 0.717) is 13.0 Å². The van der Waals surface area contributed by atoms with Gasteiger partial charge in [-0.2, -0.15) is 0 Å². The molecule has 0 bridgehead atoms. The van der Waals surface area contributed by atoms with Gasteiger partial charge in [0, 0.05) is 13.1 Å². The second-order valence-electron chi connectivity index (χ2n) is 7.87. The molecule has 29 heavy (non-hydrogen) atoms. The van der Waals surface area contributed by atoms with Crippen LogP contribution in [0.5, 0.6) is 0 Å². The van der Waals surface area contributed by atoms with E-state index in [1.54, 1.807) is 11.3 Å².